The molecule has 0 spiro atoms. The molecule has 2 aliphatic rings. The lowest BCUT2D eigenvalue weighted by molar-refractivity contribution is 0.0241. The van der Waals surface area contributed by atoms with Gasteiger partial charge in [-0.2, -0.15) is 0 Å². The number of nitrogens with two attached hydrogens (primary N) is 1. The van der Waals surface area contributed by atoms with Crippen LogP contribution in [0.4, 0.5) is 0 Å². The van der Waals surface area contributed by atoms with Crippen LogP contribution in [0.25, 0.3) is 0 Å². The molecule has 1 saturated heterocycles. The highest BCUT2D eigenvalue weighted by atomic mass is 16.3. The molecule has 0 amide bonds. The molecule has 2 fully saturated rings. The minimum Gasteiger partial charge on any atom is -0.395 e. The van der Waals surface area contributed by atoms with Crippen molar-refractivity contribution in [1.29, 1.82) is 0 Å². The summed E-state index contributed by atoms with van der Waals surface area (Å²) in [5.41, 5.74) is 6.41. The minimum atomic E-state index is 0.313. The number of aliphatic hydroxyl groups is 1. The van der Waals surface area contributed by atoms with Crippen LogP contribution in [0.2, 0.25) is 0 Å². The molecular weight excluding hydrogens is 236 g/mol. The molecule has 0 aromatic rings. The van der Waals surface area contributed by atoms with Crippen molar-refractivity contribution in [3.63, 3.8) is 0 Å². The molecule has 2 rings (SSSR count). The fraction of sp³-hybridized carbons (Fsp3) is 1.00. The molecule has 0 radical (unpaired) electrons. The molecular formula is C16H32N2O. The highest BCUT2D eigenvalue weighted by Crippen LogP contribution is 2.42. The Hall–Kier alpha value is -0.120. The lowest BCUT2D eigenvalue weighted by Gasteiger charge is -2.46. The van der Waals surface area contributed by atoms with Crippen molar-refractivity contribution in [3.8, 4) is 0 Å². The van der Waals surface area contributed by atoms with Crippen LogP contribution in [0.5, 0.6) is 0 Å². The number of hydrogen-bond acceptors (Lipinski definition) is 3. The Morgan fingerprint density at radius 2 is 1.95 bits per heavy atom. The van der Waals surface area contributed by atoms with E-state index in [0.29, 0.717) is 30.0 Å². The predicted molar refractivity (Wildman–Crippen MR) is 79.9 cm³/mol. The third-order valence-corrected chi connectivity index (χ3v) is 5.54. The van der Waals surface area contributed by atoms with E-state index < -0.39 is 0 Å². The van der Waals surface area contributed by atoms with Crippen molar-refractivity contribution in [2.45, 2.75) is 65.0 Å². The van der Waals surface area contributed by atoms with Crippen LogP contribution >= 0.6 is 0 Å². The van der Waals surface area contributed by atoms with Gasteiger partial charge in [-0.15, -0.1) is 0 Å². The number of hydrogen-bond donors (Lipinski definition) is 2. The summed E-state index contributed by atoms with van der Waals surface area (Å²) < 4.78 is 0. The molecule has 3 heteroatoms. The smallest absolute Gasteiger partial charge is 0.0586 e. The Labute approximate surface area is 118 Å². The molecule has 1 saturated carbocycles. The molecule has 4 unspecified atom stereocenters. The quantitative estimate of drug-likeness (QED) is 0.825. The Morgan fingerprint density at radius 1 is 1.21 bits per heavy atom. The van der Waals surface area contributed by atoms with Crippen LogP contribution < -0.4 is 5.73 Å². The highest BCUT2D eigenvalue weighted by molar-refractivity contribution is 4.94. The first-order valence-corrected chi connectivity index (χ1v) is 8.04. The van der Waals surface area contributed by atoms with Crippen LogP contribution in [-0.2, 0) is 0 Å². The second-order valence-corrected chi connectivity index (χ2v) is 7.66. The lowest BCUT2D eigenvalue weighted by atomic mass is 9.67. The van der Waals surface area contributed by atoms with Gasteiger partial charge >= 0.3 is 0 Å². The number of likely N-dealkylation sites (tertiary alicyclic amines) is 1. The summed E-state index contributed by atoms with van der Waals surface area (Å²) >= 11 is 0. The third-order valence-electron chi connectivity index (χ3n) is 5.54. The first-order valence-electron chi connectivity index (χ1n) is 8.04. The van der Waals surface area contributed by atoms with Crippen LogP contribution in [0.15, 0.2) is 0 Å². The maximum atomic E-state index is 9.58. The van der Waals surface area contributed by atoms with Crippen LogP contribution in [0.3, 0.4) is 0 Å². The van der Waals surface area contributed by atoms with E-state index >= 15 is 0 Å². The van der Waals surface area contributed by atoms with Crippen molar-refractivity contribution in [3.05, 3.63) is 0 Å². The third kappa shape index (κ3) is 3.32. The Kier molecular flexibility index (Phi) is 4.91. The Balaban J connectivity index is 2.09. The average molecular weight is 268 g/mol. The van der Waals surface area contributed by atoms with Crippen molar-refractivity contribution in [2.75, 3.05) is 19.7 Å². The standard InChI is InChI=1S/C16H32N2O/c1-16(2,3)13-7-6-12(10-17)15(9-13)18-8-4-5-14(18)11-19/h12-15,19H,4-11,17H2,1-3H3. The van der Waals surface area contributed by atoms with E-state index in [2.05, 4.69) is 25.7 Å². The summed E-state index contributed by atoms with van der Waals surface area (Å²) in [6, 6.07) is 0.986. The molecule has 19 heavy (non-hydrogen) atoms. The summed E-state index contributed by atoms with van der Waals surface area (Å²) in [4.78, 5) is 2.58. The first-order chi connectivity index (χ1) is 8.97. The molecule has 3 N–H and O–H groups in total. The van der Waals surface area contributed by atoms with Crippen LogP contribution in [0.1, 0.15) is 52.9 Å². The summed E-state index contributed by atoms with van der Waals surface area (Å²) in [6.45, 7) is 9.37. The van der Waals surface area contributed by atoms with Crippen molar-refractivity contribution in [1.82, 2.24) is 4.90 Å². The summed E-state index contributed by atoms with van der Waals surface area (Å²) in [5, 5.41) is 9.58. The van der Waals surface area contributed by atoms with E-state index in [-0.39, 0.29) is 0 Å². The zero-order valence-corrected chi connectivity index (χ0v) is 12.9. The summed E-state index contributed by atoms with van der Waals surface area (Å²) in [6.07, 6.45) is 6.24. The van der Waals surface area contributed by atoms with Gasteiger partial charge in [-0.3, -0.25) is 4.90 Å². The van der Waals surface area contributed by atoms with Gasteiger partial charge in [0.05, 0.1) is 6.61 Å². The fourth-order valence-corrected chi connectivity index (χ4v) is 4.17. The summed E-state index contributed by atoms with van der Waals surface area (Å²) in [7, 11) is 0. The van der Waals surface area contributed by atoms with Gasteiger partial charge in [0, 0.05) is 12.1 Å². The molecule has 0 aromatic carbocycles. The average Bonchev–Trinajstić information content (AvgIpc) is 2.85. The monoisotopic (exact) mass is 268 g/mol. The predicted octanol–water partition coefficient (Wildman–Crippen LogP) is 2.23. The lowest BCUT2D eigenvalue weighted by Crippen LogP contribution is -2.51. The maximum absolute atomic E-state index is 9.58. The normalized spacial score (nSPS) is 37.7. The van der Waals surface area contributed by atoms with Gasteiger partial charge < -0.3 is 10.8 Å². The number of rotatable bonds is 3. The number of aliphatic hydroxyl groups excluding tert-OH is 1. The van der Waals surface area contributed by atoms with E-state index in [4.69, 9.17) is 5.73 Å². The molecule has 0 bridgehead atoms. The molecule has 3 nitrogen and oxygen atoms in total. The van der Waals surface area contributed by atoms with Gasteiger partial charge in [0.2, 0.25) is 0 Å². The van der Waals surface area contributed by atoms with Crippen molar-refractivity contribution < 1.29 is 5.11 Å². The second kappa shape index (κ2) is 6.11. The topological polar surface area (TPSA) is 49.5 Å². The van der Waals surface area contributed by atoms with Crippen LogP contribution in [-0.4, -0.2) is 41.8 Å². The maximum Gasteiger partial charge on any atom is 0.0586 e. The highest BCUT2D eigenvalue weighted by Gasteiger charge is 2.41. The molecule has 1 aliphatic carbocycles. The van der Waals surface area contributed by atoms with Gasteiger partial charge in [0.15, 0.2) is 0 Å². The molecule has 112 valence electrons. The Bertz CT molecular complexity index is 287. The molecule has 1 heterocycles. The van der Waals surface area contributed by atoms with Crippen molar-refractivity contribution >= 4 is 0 Å². The van der Waals surface area contributed by atoms with E-state index in [1.54, 1.807) is 0 Å². The van der Waals surface area contributed by atoms with Crippen LogP contribution in [0, 0.1) is 17.3 Å². The van der Waals surface area contributed by atoms with E-state index in [0.717, 1.165) is 25.4 Å². The zero-order chi connectivity index (χ0) is 14.0. The number of nitrogens with zero attached hydrogens (tertiary/aromatic N) is 1. The summed E-state index contributed by atoms with van der Waals surface area (Å²) in [5.74, 6) is 1.42. The first kappa shape index (κ1) is 15.3. The van der Waals surface area contributed by atoms with E-state index in [9.17, 15) is 5.11 Å². The van der Waals surface area contributed by atoms with E-state index in [1.807, 2.05) is 0 Å². The van der Waals surface area contributed by atoms with Gasteiger partial charge in [-0.25, -0.2) is 0 Å². The Morgan fingerprint density at radius 3 is 2.53 bits per heavy atom. The fourth-order valence-electron chi connectivity index (χ4n) is 4.17. The second-order valence-electron chi connectivity index (χ2n) is 7.66. The minimum absolute atomic E-state index is 0.313. The van der Waals surface area contributed by atoms with Gasteiger partial charge in [-0.1, -0.05) is 20.8 Å². The molecule has 4 atom stereocenters. The largest absolute Gasteiger partial charge is 0.395 e. The van der Waals surface area contributed by atoms with Gasteiger partial charge in [0.1, 0.15) is 0 Å². The molecule has 1 aliphatic heterocycles. The van der Waals surface area contributed by atoms with Gasteiger partial charge in [-0.05, 0) is 62.4 Å². The van der Waals surface area contributed by atoms with E-state index in [1.165, 1.54) is 25.7 Å². The zero-order valence-electron chi connectivity index (χ0n) is 12.9. The SMILES string of the molecule is CC(C)(C)C1CCC(CN)C(N2CCCC2CO)C1. The molecule has 0 aromatic heterocycles. The van der Waals surface area contributed by atoms with Crippen molar-refractivity contribution in [2.24, 2.45) is 23.0 Å². The van der Waals surface area contributed by atoms with Gasteiger partial charge in [0.25, 0.3) is 0 Å².